The van der Waals surface area contributed by atoms with Gasteiger partial charge in [0.15, 0.2) is 0 Å². The zero-order chi connectivity index (χ0) is 14.8. The third-order valence-electron chi connectivity index (χ3n) is 3.17. The average molecular weight is 340 g/mol. The van der Waals surface area contributed by atoms with Crippen molar-refractivity contribution >= 4 is 38.4 Å². The molecule has 3 aromatic rings. The number of rotatable bonds is 2. The van der Waals surface area contributed by atoms with Gasteiger partial charge in [-0.15, -0.1) is 0 Å². The van der Waals surface area contributed by atoms with E-state index in [1.54, 1.807) is 30.3 Å². The number of halogens is 1. The molecule has 1 heterocycles. The largest absolute Gasteiger partial charge is 0.361 e. The van der Waals surface area contributed by atoms with Gasteiger partial charge in [0.2, 0.25) is 0 Å². The van der Waals surface area contributed by atoms with Crippen LogP contribution >= 0.6 is 15.9 Å². The minimum absolute atomic E-state index is 0.245. The molecular formula is C16H10BrN3O. The number of nitriles is 1. The van der Waals surface area contributed by atoms with Gasteiger partial charge in [0.05, 0.1) is 11.3 Å². The summed E-state index contributed by atoms with van der Waals surface area (Å²) in [6, 6.07) is 14.6. The van der Waals surface area contributed by atoms with Crippen LogP contribution in [0.1, 0.15) is 15.9 Å². The van der Waals surface area contributed by atoms with Crippen molar-refractivity contribution < 1.29 is 4.79 Å². The Morgan fingerprint density at radius 3 is 2.86 bits per heavy atom. The molecule has 4 nitrogen and oxygen atoms in total. The van der Waals surface area contributed by atoms with E-state index in [9.17, 15) is 4.79 Å². The predicted molar refractivity (Wildman–Crippen MR) is 85.1 cm³/mol. The van der Waals surface area contributed by atoms with Crippen molar-refractivity contribution in [2.45, 2.75) is 0 Å². The number of hydrogen-bond acceptors (Lipinski definition) is 2. The number of aromatic amines is 1. The van der Waals surface area contributed by atoms with Crippen LogP contribution in [0, 0.1) is 11.3 Å². The Kier molecular flexibility index (Phi) is 3.46. The van der Waals surface area contributed by atoms with Gasteiger partial charge in [-0.1, -0.05) is 22.0 Å². The first-order valence-electron chi connectivity index (χ1n) is 6.25. The summed E-state index contributed by atoms with van der Waals surface area (Å²) in [5.41, 5.74) is 2.35. The Morgan fingerprint density at radius 2 is 2.05 bits per heavy atom. The smallest absolute Gasteiger partial charge is 0.255 e. The summed E-state index contributed by atoms with van der Waals surface area (Å²) in [5.74, 6) is -0.245. The molecule has 0 spiro atoms. The third kappa shape index (κ3) is 2.67. The summed E-state index contributed by atoms with van der Waals surface area (Å²) in [7, 11) is 0. The summed E-state index contributed by atoms with van der Waals surface area (Å²) < 4.78 is 0.796. The van der Waals surface area contributed by atoms with Crippen LogP contribution in [0.4, 0.5) is 5.69 Å². The second-order valence-corrected chi connectivity index (χ2v) is 5.45. The van der Waals surface area contributed by atoms with Gasteiger partial charge in [-0.3, -0.25) is 4.79 Å². The molecule has 5 heteroatoms. The van der Waals surface area contributed by atoms with E-state index in [1.165, 1.54) is 0 Å². The standard InChI is InChI=1S/C16H10BrN3O/c17-13-3-4-14(12(7-13)9-18)20-16(21)11-2-1-10-5-6-19-15(10)8-11/h1-8,19H,(H,20,21). The molecule has 0 bridgehead atoms. The highest BCUT2D eigenvalue weighted by Gasteiger charge is 2.10. The second kappa shape index (κ2) is 5.43. The van der Waals surface area contributed by atoms with E-state index in [2.05, 4.69) is 32.3 Å². The molecule has 2 N–H and O–H groups in total. The average Bonchev–Trinajstić information content (AvgIpc) is 2.96. The first kappa shape index (κ1) is 13.4. The highest BCUT2D eigenvalue weighted by atomic mass is 79.9. The number of nitrogens with one attached hydrogen (secondary N) is 2. The minimum atomic E-state index is -0.245. The van der Waals surface area contributed by atoms with E-state index >= 15 is 0 Å². The molecular weight excluding hydrogens is 330 g/mol. The van der Waals surface area contributed by atoms with Crippen molar-refractivity contribution in [3.8, 4) is 6.07 Å². The maximum absolute atomic E-state index is 12.3. The number of anilines is 1. The summed E-state index contributed by atoms with van der Waals surface area (Å²) >= 11 is 3.30. The number of carbonyl (C=O) groups excluding carboxylic acids is 1. The fraction of sp³-hybridized carbons (Fsp3) is 0. The maximum Gasteiger partial charge on any atom is 0.255 e. The molecule has 1 amide bonds. The van der Waals surface area contributed by atoms with Crippen molar-refractivity contribution in [2.24, 2.45) is 0 Å². The molecule has 3 rings (SSSR count). The summed E-state index contributed by atoms with van der Waals surface area (Å²) in [6.45, 7) is 0. The molecule has 102 valence electrons. The van der Waals surface area contributed by atoms with E-state index in [1.807, 2.05) is 18.3 Å². The molecule has 0 fully saturated rings. The Labute approximate surface area is 129 Å². The molecule has 0 saturated heterocycles. The van der Waals surface area contributed by atoms with Crippen molar-refractivity contribution in [3.63, 3.8) is 0 Å². The summed E-state index contributed by atoms with van der Waals surface area (Å²) in [6.07, 6.45) is 1.83. The number of hydrogen-bond donors (Lipinski definition) is 2. The van der Waals surface area contributed by atoms with E-state index in [-0.39, 0.29) is 5.91 Å². The SMILES string of the molecule is N#Cc1cc(Br)ccc1NC(=O)c1ccc2cc[nH]c2c1. The number of benzene rings is 2. The minimum Gasteiger partial charge on any atom is -0.361 e. The van der Waals surface area contributed by atoms with Crippen LogP contribution < -0.4 is 5.32 Å². The van der Waals surface area contributed by atoms with Crippen LogP contribution in [0.3, 0.4) is 0 Å². The summed E-state index contributed by atoms with van der Waals surface area (Å²) in [5, 5.41) is 12.9. The van der Waals surface area contributed by atoms with Crippen LogP contribution in [0.2, 0.25) is 0 Å². The Morgan fingerprint density at radius 1 is 1.19 bits per heavy atom. The molecule has 0 aliphatic rings. The van der Waals surface area contributed by atoms with Gasteiger partial charge in [0, 0.05) is 21.7 Å². The van der Waals surface area contributed by atoms with E-state index in [0.29, 0.717) is 16.8 Å². The van der Waals surface area contributed by atoms with E-state index in [4.69, 9.17) is 5.26 Å². The molecule has 2 aromatic carbocycles. The van der Waals surface area contributed by atoms with Crippen molar-refractivity contribution in [1.29, 1.82) is 5.26 Å². The van der Waals surface area contributed by atoms with Gasteiger partial charge in [-0.25, -0.2) is 0 Å². The van der Waals surface area contributed by atoms with Crippen LogP contribution in [0.25, 0.3) is 10.9 Å². The quantitative estimate of drug-likeness (QED) is 0.739. The highest BCUT2D eigenvalue weighted by molar-refractivity contribution is 9.10. The fourth-order valence-corrected chi connectivity index (χ4v) is 2.46. The van der Waals surface area contributed by atoms with Crippen molar-refractivity contribution in [2.75, 3.05) is 5.32 Å². The number of carbonyl (C=O) groups is 1. The van der Waals surface area contributed by atoms with Gasteiger partial charge in [0.25, 0.3) is 5.91 Å². The topological polar surface area (TPSA) is 68.7 Å². The van der Waals surface area contributed by atoms with Crippen LogP contribution in [-0.2, 0) is 0 Å². The molecule has 21 heavy (non-hydrogen) atoms. The number of nitrogens with zero attached hydrogens (tertiary/aromatic N) is 1. The van der Waals surface area contributed by atoms with Crippen molar-refractivity contribution in [1.82, 2.24) is 4.98 Å². The lowest BCUT2D eigenvalue weighted by Crippen LogP contribution is -2.12. The predicted octanol–water partition coefficient (Wildman–Crippen LogP) is 4.05. The highest BCUT2D eigenvalue weighted by Crippen LogP contribution is 2.21. The van der Waals surface area contributed by atoms with Gasteiger partial charge < -0.3 is 10.3 Å². The van der Waals surface area contributed by atoms with E-state index in [0.717, 1.165) is 15.4 Å². The number of fused-ring (bicyclic) bond motifs is 1. The lowest BCUT2D eigenvalue weighted by molar-refractivity contribution is 0.102. The lowest BCUT2D eigenvalue weighted by atomic mass is 10.1. The molecule has 1 aromatic heterocycles. The Balaban J connectivity index is 1.91. The van der Waals surface area contributed by atoms with Crippen LogP contribution in [0.5, 0.6) is 0 Å². The third-order valence-corrected chi connectivity index (χ3v) is 3.66. The Bertz CT molecular complexity index is 877. The zero-order valence-electron chi connectivity index (χ0n) is 10.9. The summed E-state index contributed by atoms with van der Waals surface area (Å²) in [4.78, 5) is 15.4. The first-order chi connectivity index (χ1) is 10.2. The normalized spacial score (nSPS) is 10.3. The van der Waals surface area contributed by atoms with Gasteiger partial charge in [-0.05, 0) is 41.8 Å². The van der Waals surface area contributed by atoms with E-state index < -0.39 is 0 Å². The van der Waals surface area contributed by atoms with Gasteiger partial charge in [0.1, 0.15) is 6.07 Å². The molecule has 0 saturated carbocycles. The zero-order valence-corrected chi connectivity index (χ0v) is 12.4. The molecule has 0 aliphatic carbocycles. The van der Waals surface area contributed by atoms with Crippen LogP contribution in [0.15, 0.2) is 53.1 Å². The fourth-order valence-electron chi connectivity index (χ4n) is 2.10. The molecule has 0 radical (unpaired) electrons. The lowest BCUT2D eigenvalue weighted by Gasteiger charge is -2.07. The monoisotopic (exact) mass is 339 g/mol. The molecule has 0 aliphatic heterocycles. The van der Waals surface area contributed by atoms with Gasteiger partial charge >= 0.3 is 0 Å². The maximum atomic E-state index is 12.3. The number of amides is 1. The number of H-pyrrole nitrogens is 1. The van der Waals surface area contributed by atoms with Crippen molar-refractivity contribution in [3.05, 3.63) is 64.3 Å². The molecule has 0 unspecified atom stereocenters. The first-order valence-corrected chi connectivity index (χ1v) is 7.05. The van der Waals surface area contributed by atoms with Crippen LogP contribution in [-0.4, -0.2) is 10.9 Å². The number of aromatic nitrogens is 1. The second-order valence-electron chi connectivity index (χ2n) is 4.54. The Hall–Kier alpha value is -2.58. The van der Waals surface area contributed by atoms with Gasteiger partial charge in [-0.2, -0.15) is 5.26 Å². The molecule has 0 atom stereocenters.